The summed E-state index contributed by atoms with van der Waals surface area (Å²) in [6.07, 6.45) is 1.80. The molecule has 1 heterocycles. The fraction of sp³-hybridized carbons (Fsp3) is 0. The lowest BCUT2D eigenvalue weighted by molar-refractivity contribution is 0.0697. The van der Waals surface area contributed by atoms with Crippen molar-refractivity contribution < 1.29 is 9.90 Å². The van der Waals surface area contributed by atoms with Crippen molar-refractivity contribution in [3.8, 4) is 11.1 Å². The fourth-order valence-electron chi connectivity index (χ4n) is 2.03. The van der Waals surface area contributed by atoms with Crippen molar-refractivity contribution in [2.24, 2.45) is 0 Å². The van der Waals surface area contributed by atoms with Crippen molar-refractivity contribution in [2.45, 2.75) is 0 Å². The van der Waals surface area contributed by atoms with Crippen LogP contribution in [0.15, 0.2) is 60.8 Å². The van der Waals surface area contributed by atoms with E-state index >= 15 is 0 Å². The summed E-state index contributed by atoms with van der Waals surface area (Å²) in [5, 5.41) is 9.95. The summed E-state index contributed by atoms with van der Waals surface area (Å²) < 4.78 is 0. The van der Waals surface area contributed by atoms with E-state index in [0.29, 0.717) is 0 Å². The van der Waals surface area contributed by atoms with Gasteiger partial charge in [-0.1, -0.05) is 30.3 Å². The number of rotatable bonds is 2. The number of aromatic nitrogens is 1. The van der Waals surface area contributed by atoms with Crippen molar-refractivity contribution >= 4 is 16.9 Å². The van der Waals surface area contributed by atoms with Gasteiger partial charge in [-0.25, -0.2) is 4.79 Å². The number of carbonyl (C=O) groups is 1. The van der Waals surface area contributed by atoms with E-state index in [1.807, 2.05) is 24.3 Å². The van der Waals surface area contributed by atoms with E-state index in [-0.39, 0.29) is 5.56 Å². The largest absolute Gasteiger partial charge is 0.478 e. The number of fused-ring (bicyclic) bond motifs is 1. The van der Waals surface area contributed by atoms with Crippen LogP contribution in [0, 0.1) is 0 Å². The SMILES string of the molecule is O=C(O)c1ccc(-c2cnc3ccccc3c2)cc1. The van der Waals surface area contributed by atoms with E-state index in [9.17, 15) is 4.79 Å². The number of aromatic carboxylic acids is 1. The standard InChI is InChI=1S/C16H11NO2/c18-16(19)12-7-5-11(6-8-12)14-9-13-3-1-2-4-15(13)17-10-14/h1-10H,(H,18,19). The van der Waals surface area contributed by atoms with E-state index in [2.05, 4.69) is 11.1 Å². The molecule has 0 aliphatic heterocycles. The first kappa shape index (κ1) is 11.4. The minimum atomic E-state index is -0.914. The number of carboxylic acid groups (broad SMARTS) is 1. The molecule has 0 fully saturated rings. The van der Waals surface area contributed by atoms with Gasteiger partial charge in [-0.2, -0.15) is 0 Å². The number of nitrogens with zero attached hydrogens (tertiary/aromatic N) is 1. The average Bonchev–Trinajstić information content (AvgIpc) is 2.47. The second-order valence-corrected chi connectivity index (χ2v) is 4.30. The lowest BCUT2D eigenvalue weighted by atomic mass is 10.0. The maximum Gasteiger partial charge on any atom is 0.335 e. The average molecular weight is 249 g/mol. The molecule has 0 spiro atoms. The molecular formula is C16H11NO2. The van der Waals surface area contributed by atoms with Gasteiger partial charge in [-0.15, -0.1) is 0 Å². The molecule has 19 heavy (non-hydrogen) atoms. The Kier molecular flexibility index (Phi) is 2.72. The smallest absolute Gasteiger partial charge is 0.335 e. The van der Waals surface area contributed by atoms with Gasteiger partial charge < -0.3 is 5.11 Å². The predicted octanol–water partition coefficient (Wildman–Crippen LogP) is 3.60. The van der Waals surface area contributed by atoms with Crippen LogP contribution in [0.4, 0.5) is 0 Å². The first-order valence-corrected chi connectivity index (χ1v) is 5.92. The summed E-state index contributed by atoms with van der Waals surface area (Å²) in [4.78, 5) is 15.2. The Morgan fingerprint density at radius 1 is 0.947 bits per heavy atom. The molecule has 1 N–H and O–H groups in total. The molecule has 0 radical (unpaired) electrons. The summed E-state index contributed by atoms with van der Waals surface area (Å²) in [5.74, 6) is -0.914. The Morgan fingerprint density at radius 2 is 1.68 bits per heavy atom. The zero-order chi connectivity index (χ0) is 13.2. The van der Waals surface area contributed by atoms with Crippen molar-refractivity contribution in [1.29, 1.82) is 0 Å². The van der Waals surface area contributed by atoms with Gasteiger partial charge in [0, 0.05) is 17.1 Å². The Labute approximate surface area is 110 Å². The summed E-state index contributed by atoms with van der Waals surface area (Å²) >= 11 is 0. The highest BCUT2D eigenvalue weighted by molar-refractivity contribution is 5.89. The normalized spacial score (nSPS) is 10.5. The third-order valence-corrected chi connectivity index (χ3v) is 3.06. The van der Waals surface area contributed by atoms with Crippen LogP contribution < -0.4 is 0 Å². The molecule has 0 aliphatic carbocycles. The van der Waals surface area contributed by atoms with E-state index in [1.54, 1.807) is 30.5 Å². The van der Waals surface area contributed by atoms with Gasteiger partial charge in [0.25, 0.3) is 0 Å². The van der Waals surface area contributed by atoms with Crippen LogP contribution >= 0.6 is 0 Å². The van der Waals surface area contributed by atoms with E-state index in [0.717, 1.165) is 22.0 Å². The van der Waals surface area contributed by atoms with Crippen molar-refractivity contribution in [1.82, 2.24) is 4.98 Å². The molecule has 0 saturated carbocycles. The van der Waals surface area contributed by atoms with Gasteiger partial charge in [0.1, 0.15) is 0 Å². The van der Waals surface area contributed by atoms with Crippen molar-refractivity contribution in [3.63, 3.8) is 0 Å². The Balaban J connectivity index is 2.06. The first-order chi connectivity index (χ1) is 9.24. The first-order valence-electron chi connectivity index (χ1n) is 5.92. The Bertz CT molecular complexity index is 748. The van der Waals surface area contributed by atoms with Crippen LogP contribution in [0.2, 0.25) is 0 Å². The molecule has 3 aromatic rings. The molecule has 0 bridgehead atoms. The number of hydrogen-bond acceptors (Lipinski definition) is 2. The molecule has 1 aromatic heterocycles. The van der Waals surface area contributed by atoms with Crippen LogP contribution in [0.25, 0.3) is 22.0 Å². The van der Waals surface area contributed by atoms with Crippen LogP contribution in [0.3, 0.4) is 0 Å². The minimum Gasteiger partial charge on any atom is -0.478 e. The zero-order valence-electron chi connectivity index (χ0n) is 10.1. The number of benzene rings is 2. The topological polar surface area (TPSA) is 50.2 Å². The Morgan fingerprint density at radius 3 is 2.42 bits per heavy atom. The van der Waals surface area contributed by atoms with Gasteiger partial charge in [0.05, 0.1) is 11.1 Å². The second-order valence-electron chi connectivity index (χ2n) is 4.30. The number of pyridine rings is 1. The monoisotopic (exact) mass is 249 g/mol. The van der Waals surface area contributed by atoms with Gasteiger partial charge in [0.15, 0.2) is 0 Å². The van der Waals surface area contributed by atoms with Crippen LogP contribution in [0.5, 0.6) is 0 Å². The quantitative estimate of drug-likeness (QED) is 0.754. The maximum atomic E-state index is 10.8. The fourth-order valence-corrected chi connectivity index (χ4v) is 2.03. The minimum absolute atomic E-state index is 0.289. The van der Waals surface area contributed by atoms with Gasteiger partial charge in [-0.05, 0) is 29.8 Å². The second kappa shape index (κ2) is 4.53. The lowest BCUT2D eigenvalue weighted by Gasteiger charge is -2.04. The molecule has 2 aromatic carbocycles. The van der Waals surface area contributed by atoms with E-state index < -0.39 is 5.97 Å². The number of carboxylic acids is 1. The van der Waals surface area contributed by atoms with E-state index in [1.165, 1.54) is 0 Å². The molecule has 3 rings (SSSR count). The van der Waals surface area contributed by atoms with Crippen LogP contribution in [-0.2, 0) is 0 Å². The summed E-state index contributed by atoms with van der Waals surface area (Å²) in [5.41, 5.74) is 3.18. The van der Waals surface area contributed by atoms with Gasteiger partial charge in [-0.3, -0.25) is 4.98 Å². The van der Waals surface area contributed by atoms with Crippen molar-refractivity contribution in [2.75, 3.05) is 0 Å². The third kappa shape index (κ3) is 2.18. The highest BCUT2D eigenvalue weighted by atomic mass is 16.4. The zero-order valence-corrected chi connectivity index (χ0v) is 10.1. The number of hydrogen-bond donors (Lipinski definition) is 1. The lowest BCUT2D eigenvalue weighted by Crippen LogP contribution is -1.95. The maximum absolute atomic E-state index is 10.8. The highest BCUT2D eigenvalue weighted by Crippen LogP contribution is 2.22. The van der Waals surface area contributed by atoms with Crippen molar-refractivity contribution in [3.05, 3.63) is 66.4 Å². The van der Waals surface area contributed by atoms with Gasteiger partial charge in [0.2, 0.25) is 0 Å². The molecule has 3 nitrogen and oxygen atoms in total. The van der Waals surface area contributed by atoms with Crippen LogP contribution in [0.1, 0.15) is 10.4 Å². The molecule has 0 amide bonds. The molecule has 0 unspecified atom stereocenters. The third-order valence-electron chi connectivity index (χ3n) is 3.06. The summed E-state index contributed by atoms with van der Waals surface area (Å²) in [7, 11) is 0. The summed E-state index contributed by atoms with van der Waals surface area (Å²) in [6.45, 7) is 0. The molecule has 92 valence electrons. The predicted molar refractivity (Wildman–Crippen MR) is 74.1 cm³/mol. The van der Waals surface area contributed by atoms with E-state index in [4.69, 9.17) is 5.11 Å². The molecule has 0 aliphatic rings. The molecular weight excluding hydrogens is 238 g/mol. The molecule has 0 saturated heterocycles. The molecule has 0 atom stereocenters. The number of para-hydroxylation sites is 1. The highest BCUT2D eigenvalue weighted by Gasteiger charge is 2.04. The molecule has 3 heteroatoms. The van der Waals surface area contributed by atoms with Crippen LogP contribution in [-0.4, -0.2) is 16.1 Å². The van der Waals surface area contributed by atoms with Gasteiger partial charge >= 0.3 is 5.97 Å². The summed E-state index contributed by atoms with van der Waals surface area (Å²) in [6, 6.07) is 16.8. The Hall–Kier alpha value is -2.68.